The molecule has 2 unspecified atom stereocenters. The second-order valence-corrected chi connectivity index (χ2v) is 12.5. The van der Waals surface area contributed by atoms with Crippen molar-refractivity contribution in [3.63, 3.8) is 0 Å². The van der Waals surface area contributed by atoms with E-state index in [1.165, 1.54) is 23.9 Å². The maximum atomic E-state index is 14.1. The minimum Gasteiger partial charge on any atom is -0.489 e. The van der Waals surface area contributed by atoms with Gasteiger partial charge >= 0.3 is 10.8 Å². The molecule has 4 aromatic rings. The van der Waals surface area contributed by atoms with Crippen LogP contribution in [0.2, 0.25) is 5.02 Å². The van der Waals surface area contributed by atoms with Crippen LogP contribution in [0.3, 0.4) is 0 Å². The zero-order valence-electron chi connectivity index (χ0n) is 22.6. The minimum absolute atomic E-state index is 0.234. The number of aromatic amines is 1. The van der Waals surface area contributed by atoms with Gasteiger partial charge in [0, 0.05) is 21.4 Å². The summed E-state index contributed by atoms with van der Waals surface area (Å²) >= 11 is 8.69. The zero-order chi connectivity index (χ0) is 29.5. The van der Waals surface area contributed by atoms with Crippen LogP contribution in [0.25, 0.3) is 0 Å². The molecule has 2 aliphatic heterocycles. The second-order valence-electron chi connectivity index (χ2n) is 9.93. The summed E-state index contributed by atoms with van der Waals surface area (Å²) in [5.74, 6) is -2.23. The number of nitrogens with one attached hydrogen (secondary N) is 1. The minimum atomic E-state index is -0.814. The fraction of sp³-hybridized carbons (Fsp3) is 0.226. The predicted molar refractivity (Wildman–Crippen MR) is 162 cm³/mol. The molecule has 42 heavy (non-hydrogen) atoms. The van der Waals surface area contributed by atoms with Crippen LogP contribution >= 0.6 is 34.7 Å². The third-order valence-corrected chi connectivity index (χ3v) is 10.0. The van der Waals surface area contributed by atoms with Gasteiger partial charge in [0.2, 0.25) is 11.8 Å². The van der Waals surface area contributed by atoms with E-state index in [0.29, 0.717) is 44.1 Å². The Morgan fingerprint density at radius 3 is 2.52 bits per heavy atom. The molecular weight excluding hydrogens is 596 g/mol. The number of H-pyrrole nitrogens is 1. The van der Waals surface area contributed by atoms with Gasteiger partial charge in [0.15, 0.2) is 0 Å². The van der Waals surface area contributed by atoms with Crippen LogP contribution in [0, 0.1) is 12.8 Å². The highest BCUT2D eigenvalue weighted by Crippen LogP contribution is 2.54. The standard InChI is InChI=1S/C31H25ClN2O6S2/c1-3-39-30(37)17-8-11-20(12-9-17)34-28(35)24-23(25-27(33-31(38)42-25)41-26(24)29(34)36)21-14-19(32)10-13-22(21)40-15-18-7-5-4-6-16(18)2/h4-14,23-24,26H,3,15H2,1-2H3,(H,33,38)/t23-,24?,26?/m1/s1. The lowest BCUT2D eigenvalue weighted by atomic mass is 9.82. The average molecular weight is 621 g/mol. The summed E-state index contributed by atoms with van der Waals surface area (Å²) in [5, 5.41) is 0.213. The third kappa shape index (κ3) is 5.04. The largest absolute Gasteiger partial charge is 0.489 e. The van der Waals surface area contributed by atoms with Crippen molar-refractivity contribution in [1.29, 1.82) is 0 Å². The monoisotopic (exact) mass is 620 g/mol. The summed E-state index contributed by atoms with van der Waals surface area (Å²) in [4.78, 5) is 57.0. The molecule has 0 bridgehead atoms. The summed E-state index contributed by atoms with van der Waals surface area (Å²) in [6.45, 7) is 4.25. The molecule has 1 N–H and O–H groups in total. The van der Waals surface area contributed by atoms with Crippen LogP contribution in [-0.4, -0.2) is 34.6 Å². The van der Waals surface area contributed by atoms with E-state index >= 15 is 0 Å². The first-order valence-corrected chi connectivity index (χ1v) is 15.4. The van der Waals surface area contributed by atoms with Crippen molar-refractivity contribution in [1.82, 2.24) is 4.98 Å². The number of benzene rings is 3. The lowest BCUT2D eigenvalue weighted by Gasteiger charge is -2.31. The van der Waals surface area contributed by atoms with Gasteiger partial charge in [0.25, 0.3) is 0 Å². The van der Waals surface area contributed by atoms with Crippen LogP contribution in [0.15, 0.2) is 76.6 Å². The normalized spacial score (nSPS) is 19.4. The number of aromatic nitrogens is 1. The van der Waals surface area contributed by atoms with Crippen LogP contribution in [0.1, 0.15) is 44.8 Å². The zero-order valence-corrected chi connectivity index (χ0v) is 25.0. The maximum Gasteiger partial charge on any atom is 0.338 e. The van der Waals surface area contributed by atoms with Crippen LogP contribution in [0.5, 0.6) is 5.75 Å². The van der Waals surface area contributed by atoms with Crippen LogP contribution in [-0.2, 0) is 20.9 Å². The van der Waals surface area contributed by atoms with Crippen molar-refractivity contribution in [2.75, 3.05) is 11.5 Å². The molecule has 1 saturated heterocycles. The van der Waals surface area contributed by atoms with E-state index in [0.717, 1.165) is 27.4 Å². The average Bonchev–Trinajstić information content (AvgIpc) is 3.47. The fourth-order valence-corrected chi connectivity index (χ4v) is 8.08. The molecule has 8 nitrogen and oxygen atoms in total. The third-order valence-electron chi connectivity index (χ3n) is 7.41. The van der Waals surface area contributed by atoms with Gasteiger partial charge in [-0.3, -0.25) is 14.4 Å². The Labute approximate surface area is 254 Å². The highest BCUT2D eigenvalue weighted by molar-refractivity contribution is 8.00. The highest BCUT2D eigenvalue weighted by Gasteiger charge is 2.56. The topological polar surface area (TPSA) is 106 Å². The first kappa shape index (κ1) is 28.3. The molecule has 11 heteroatoms. The van der Waals surface area contributed by atoms with Gasteiger partial charge < -0.3 is 14.5 Å². The number of carbonyl (C=O) groups is 3. The molecule has 2 amide bonds. The van der Waals surface area contributed by atoms with Crippen molar-refractivity contribution in [3.8, 4) is 5.75 Å². The Bertz CT molecular complexity index is 1770. The molecule has 3 heterocycles. The molecule has 0 aliphatic carbocycles. The van der Waals surface area contributed by atoms with Crippen LogP contribution in [0.4, 0.5) is 5.69 Å². The van der Waals surface area contributed by atoms with Gasteiger partial charge in [-0.15, -0.1) is 0 Å². The molecule has 214 valence electrons. The molecule has 3 aromatic carbocycles. The lowest BCUT2D eigenvalue weighted by molar-refractivity contribution is -0.122. The molecule has 0 spiro atoms. The number of aryl methyl sites for hydroxylation is 1. The first-order chi connectivity index (χ1) is 20.3. The van der Waals surface area contributed by atoms with E-state index in [1.54, 1.807) is 37.3 Å². The molecule has 6 rings (SSSR count). The highest BCUT2D eigenvalue weighted by atomic mass is 35.5. The van der Waals surface area contributed by atoms with E-state index < -0.39 is 34.9 Å². The number of amides is 2. The summed E-state index contributed by atoms with van der Waals surface area (Å²) in [5.41, 5.74) is 3.38. The number of ether oxygens (including phenoxy) is 2. The Hall–Kier alpha value is -3.86. The van der Waals surface area contributed by atoms with E-state index in [-0.39, 0.29) is 11.5 Å². The second kappa shape index (κ2) is 11.4. The van der Waals surface area contributed by atoms with Gasteiger partial charge in [0.1, 0.15) is 17.6 Å². The number of imide groups is 1. The van der Waals surface area contributed by atoms with Gasteiger partial charge in [-0.1, -0.05) is 59.0 Å². The first-order valence-electron chi connectivity index (χ1n) is 13.3. The summed E-state index contributed by atoms with van der Waals surface area (Å²) < 4.78 is 11.4. The number of nitrogens with zero attached hydrogens (tertiary/aromatic N) is 1. The van der Waals surface area contributed by atoms with E-state index in [1.807, 2.05) is 31.2 Å². The Morgan fingerprint density at radius 2 is 1.79 bits per heavy atom. The number of thiazole rings is 1. The van der Waals surface area contributed by atoms with Crippen molar-refractivity contribution >= 4 is 58.2 Å². The number of thioether (sulfide) groups is 1. The number of hydrogen-bond donors (Lipinski definition) is 1. The number of carbonyl (C=O) groups excluding carboxylic acids is 3. The molecule has 1 fully saturated rings. The SMILES string of the molecule is CCOC(=O)c1ccc(N2C(=O)C3Sc4[nH]c(=O)sc4[C@H](c4cc(Cl)ccc4OCc4ccccc4C)C3C2=O)cc1. The lowest BCUT2D eigenvalue weighted by Crippen LogP contribution is -2.32. The quantitative estimate of drug-likeness (QED) is 0.201. The van der Waals surface area contributed by atoms with Crippen molar-refractivity contribution in [2.45, 2.75) is 36.6 Å². The fourth-order valence-electron chi connectivity index (χ4n) is 5.39. The van der Waals surface area contributed by atoms with Gasteiger partial charge in [-0.2, -0.15) is 0 Å². The van der Waals surface area contributed by atoms with E-state index in [4.69, 9.17) is 21.1 Å². The van der Waals surface area contributed by atoms with E-state index in [9.17, 15) is 19.2 Å². The Balaban J connectivity index is 1.40. The van der Waals surface area contributed by atoms with Gasteiger partial charge in [-0.05, 0) is 67.4 Å². The van der Waals surface area contributed by atoms with E-state index in [2.05, 4.69) is 4.98 Å². The van der Waals surface area contributed by atoms with Crippen molar-refractivity contribution in [3.05, 3.63) is 109 Å². The molecule has 3 atom stereocenters. The van der Waals surface area contributed by atoms with Crippen molar-refractivity contribution < 1.29 is 23.9 Å². The molecule has 0 radical (unpaired) electrons. The predicted octanol–water partition coefficient (Wildman–Crippen LogP) is 5.95. The maximum absolute atomic E-state index is 14.1. The summed E-state index contributed by atoms with van der Waals surface area (Å²) in [6, 6.07) is 19.3. The Morgan fingerprint density at radius 1 is 1.02 bits per heavy atom. The number of hydrogen-bond acceptors (Lipinski definition) is 8. The van der Waals surface area contributed by atoms with Gasteiger partial charge in [-0.25, -0.2) is 9.69 Å². The molecule has 0 saturated carbocycles. The smallest absolute Gasteiger partial charge is 0.338 e. The summed E-state index contributed by atoms with van der Waals surface area (Å²) in [6.07, 6.45) is 0. The number of rotatable bonds is 7. The Kier molecular flexibility index (Phi) is 7.69. The number of halogens is 1. The number of esters is 1. The molecule has 1 aromatic heterocycles. The molecule has 2 aliphatic rings. The van der Waals surface area contributed by atoms with Gasteiger partial charge in [0.05, 0.1) is 28.8 Å². The summed E-state index contributed by atoms with van der Waals surface area (Å²) in [7, 11) is 0. The van der Waals surface area contributed by atoms with Crippen LogP contribution < -0.4 is 14.5 Å². The molecular formula is C31H25ClN2O6S2. The van der Waals surface area contributed by atoms with Crippen molar-refractivity contribution in [2.24, 2.45) is 5.92 Å². The number of fused-ring (bicyclic) bond motifs is 2. The number of anilines is 1.